The first-order chi connectivity index (χ1) is 17.9. The van der Waals surface area contributed by atoms with E-state index in [2.05, 4.69) is 49.3 Å². The number of fused-ring (bicyclic) bond motifs is 2. The Morgan fingerprint density at radius 2 is 1.92 bits per heavy atom. The highest BCUT2D eigenvalue weighted by atomic mass is 32.1. The zero-order valence-corrected chi connectivity index (χ0v) is 20.8. The molecule has 0 saturated carbocycles. The maximum absolute atomic E-state index is 13.7. The van der Waals surface area contributed by atoms with Crippen molar-refractivity contribution < 1.29 is 9.50 Å². The highest BCUT2D eigenvalue weighted by Crippen LogP contribution is 2.34. The highest BCUT2D eigenvalue weighted by Gasteiger charge is 2.18. The normalized spacial score (nSPS) is 12.6. The second kappa shape index (κ2) is 9.34. The lowest BCUT2D eigenvalue weighted by molar-refractivity contribution is 0.176. The fraction of sp³-hybridized carbons (Fsp3) is 0.192. The summed E-state index contributed by atoms with van der Waals surface area (Å²) in [6, 6.07) is 8.91. The van der Waals surface area contributed by atoms with E-state index < -0.39 is 6.23 Å². The maximum atomic E-state index is 13.7. The van der Waals surface area contributed by atoms with Gasteiger partial charge in [-0.25, -0.2) is 15.0 Å². The number of aromatic nitrogens is 7. The van der Waals surface area contributed by atoms with Gasteiger partial charge in [-0.3, -0.25) is 10.1 Å². The standard InChI is InChI=1S/C26H23FN8OS/c1-13(2)7-21(36)31-16-8-14(10-28-12-16)15-9-18-23(34-35-24(18)30-11-15)26-32-22-17(5-6-29-25(22)33-26)19-3-4-20(27)37-19/h3-6,8-13,21,31,36H,7H2,1-2H3,(H,29,32,33)(H,30,34,35). The zero-order chi connectivity index (χ0) is 25.5. The molecule has 0 aliphatic rings. The molecule has 0 bridgehead atoms. The van der Waals surface area contributed by atoms with Crippen LogP contribution in [0.2, 0.25) is 0 Å². The summed E-state index contributed by atoms with van der Waals surface area (Å²) in [6.07, 6.45) is 6.83. The van der Waals surface area contributed by atoms with Crippen LogP contribution >= 0.6 is 11.3 Å². The number of halogens is 1. The molecule has 37 heavy (non-hydrogen) atoms. The first-order valence-corrected chi connectivity index (χ1v) is 12.6. The predicted molar refractivity (Wildman–Crippen MR) is 142 cm³/mol. The number of aromatic amines is 2. The van der Waals surface area contributed by atoms with E-state index in [1.54, 1.807) is 30.9 Å². The molecule has 0 spiro atoms. The molecule has 0 aliphatic heterocycles. The highest BCUT2D eigenvalue weighted by molar-refractivity contribution is 7.14. The number of pyridine rings is 3. The van der Waals surface area contributed by atoms with Gasteiger partial charge in [-0.2, -0.15) is 9.49 Å². The third-order valence-corrected chi connectivity index (χ3v) is 6.87. The van der Waals surface area contributed by atoms with E-state index in [0.29, 0.717) is 40.7 Å². The van der Waals surface area contributed by atoms with Crippen molar-refractivity contribution in [2.24, 2.45) is 5.92 Å². The minimum Gasteiger partial charge on any atom is -0.374 e. The van der Waals surface area contributed by atoms with Crippen LogP contribution in [0.3, 0.4) is 0 Å². The Labute approximate surface area is 214 Å². The van der Waals surface area contributed by atoms with E-state index >= 15 is 0 Å². The zero-order valence-electron chi connectivity index (χ0n) is 20.0. The van der Waals surface area contributed by atoms with Crippen molar-refractivity contribution in [2.45, 2.75) is 26.5 Å². The van der Waals surface area contributed by atoms with Crippen molar-refractivity contribution in [1.29, 1.82) is 0 Å². The number of aliphatic hydroxyl groups excluding tert-OH is 1. The molecular formula is C26H23FN8OS. The van der Waals surface area contributed by atoms with Crippen LogP contribution in [-0.4, -0.2) is 46.5 Å². The molecule has 0 fully saturated rings. The predicted octanol–water partition coefficient (Wildman–Crippen LogP) is 5.60. The molecule has 0 aliphatic carbocycles. The van der Waals surface area contributed by atoms with Crippen LogP contribution in [0.15, 0.2) is 55.1 Å². The lowest BCUT2D eigenvalue weighted by atomic mass is 10.1. The molecule has 0 aromatic carbocycles. The van der Waals surface area contributed by atoms with Gasteiger partial charge in [0.2, 0.25) is 0 Å². The molecule has 6 heterocycles. The first kappa shape index (κ1) is 23.2. The van der Waals surface area contributed by atoms with Crippen molar-refractivity contribution in [3.8, 4) is 33.1 Å². The van der Waals surface area contributed by atoms with Gasteiger partial charge in [-0.15, -0.1) is 11.3 Å². The van der Waals surface area contributed by atoms with Crippen molar-refractivity contribution in [3.63, 3.8) is 0 Å². The largest absolute Gasteiger partial charge is 0.374 e. The van der Waals surface area contributed by atoms with Crippen molar-refractivity contribution in [2.75, 3.05) is 5.32 Å². The molecule has 0 radical (unpaired) electrons. The van der Waals surface area contributed by atoms with Gasteiger partial charge in [0, 0.05) is 40.2 Å². The Morgan fingerprint density at radius 1 is 1.05 bits per heavy atom. The molecule has 11 heteroatoms. The van der Waals surface area contributed by atoms with Crippen molar-refractivity contribution in [1.82, 2.24) is 35.1 Å². The average molecular weight is 515 g/mol. The maximum Gasteiger partial charge on any atom is 0.176 e. The Hall–Kier alpha value is -4.22. The number of nitrogens with zero attached hydrogens (tertiary/aromatic N) is 5. The molecule has 1 atom stereocenters. The van der Waals surface area contributed by atoms with Gasteiger partial charge in [-0.1, -0.05) is 13.8 Å². The SMILES string of the molecule is CC(C)CC(O)Nc1cncc(-c2cnc3[nH]nc(-c4nc5c(-c6ccc(F)s6)ccnc5[nH]4)c3c2)c1. The van der Waals surface area contributed by atoms with E-state index in [1.165, 1.54) is 6.07 Å². The van der Waals surface area contributed by atoms with Gasteiger partial charge in [0.15, 0.2) is 22.2 Å². The summed E-state index contributed by atoms with van der Waals surface area (Å²) >= 11 is 1.07. The number of nitrogens with one attached hydrogen (secondary N) is 3. The van der Waals surface area contributed by atoms with Crippen LogP contribution in [0.1, 0.15) is 20.3 Å². The topological polar surface area (TPSA) is 128 Å². The quantitative estimate of drug-likeness (QED) is 0.204. The smallest absolute Gasteiger partial charge is 0.176 e. The number of hydrogen-bond acceptors (Lipinski definition) is 8. The second-order valence-corrected chi connectivity index (χ2v) is 10.2. The van der Waals surface area contributed by atoms with E-state index in [1.807, 2.05) is 18.2 Å². The van der Waals surface area contributed by atoms with Gasteiger partial charge < -0.3 is 15.4 Å². The van der Waals surface area contributed by atoms with E-state index in [-0.39, 0.29) is 5.13 Å². The van der Waals surface area contributed by atoms with Crippen LogP contribution in [-0.2, 0) is 0 Å². The summed E-state index contributed by atoms with van der Waals surface area (Å²) in [6.45, 7) is 4.12. The van der Waals surface area contributed by atoms with E-state index in [9.17, 15) is 9.50 Å². The Bertz CT molecular complexity index is 1720. The average Bonchev–Trinajstić information content (AvgIpc) is 3.60. The summed E-state index contributed by atoms with van der Waals surface area (Å²) in [5.74, 6) is 0.892. The molecule has 1 unspecified atom stereocenters. The minimum absolute atomic E-state index is 0.254. The van der Waals surface area contributed by atoms with Crippen molar-refractivity contribution in [3.05, 3.63) is 60.3 Å². The van der Waals surface area contributed by atoms with Crippen LogP contribution in [0, 0.1) is 11.0 Å². The molecule has 0 amide bonds. The van der Waals surface area contributed by atoms with Crippen molar-refractivity contribution >= 4 is 39.2 Å². The van der Waals surface area contributed by atoms with Crippen LogP contribution < -0.4 is 5.32 Å². The lowest BCUT2D eigenvalue weighted by Gasteiger charge is -2.16. The van der Waals surface area contributed by atoms with Crippen LogP contribution in [0.25, 0.3) is 55.3 Å². The molecular weight excluding hydrogens is 491 g/mol. The van der Waals surface area contributed by atoms with E-state index in [4.69, 9.17) is 4.98 Å². The number of hydrogen-bond donors (Lipinski definition) is 4. The Kier molecular flexibility index (Phi) is 5.85. The van der Waals surface area contributed by atoms with Gasteiger partial charge in [0.05, 0.1) is 17.3 Å². The lowest BCUT2D eigenvalue weighted by Crippen LogP contribution is -2.20. The number of thiophene rings is 1. The third kappa shape index (κ3) is 4.54. The summed E-state index contributed by atoms with van der Waals surface area (Å²) in [7, 11) is 0. The molecule has 4 N–H and O–H groups in total. The Morgan fingerprint density at radius 3 is 2.73 bits per heavy atom. The van der Waals surface area contributed by atoms with E-state index in [0.717, 1.165) is 44.0 Å². The number of rotatable bonds is 7. The fourth-order valence-corrected chi connectivity index (χ4v) is 5.05. The molecule has 6 aromatic heterocycles. The first-order valence-electron chi connectivity index (χ1n) is 11.8. The number of anilines is 1. The third-order valence-electron chi connectivity index (χ3n) is 5.96. The summed E-state index contributed by atoms with van der Waals surface area (Å²) in [5, 5.41) is 21.3. The molecule has 6 rings (SSSR count). The fourth-order valence-electron chi connectivity index (χ4n) is 4.30. The van der Waals surface area contributed by atoms with Gasteiger partial charge in [0.1, 0.15) is 17.4 Å². The molecule has 9 nitrogen and oxygen atoms in total. The minimum atomic E-state index is -0.657. The number of imidazole rings is 1. The van der Waals surface area contributed by atoms with Crippen LogP contribution in [0.4, 0.5) is 10.1 Å². The monoisotopic (exact) mass is 514 g/mol. The number of aliphatic hydroxyl groups is 1. The number of H-pyrrole nitrogens is 2. The van der Waals surface area contributed by atoms with Gasteiger partial charge in [-0.05, 0) is 42.7 Å². The molecule has 0 saturated heterocycles. The summed E-state index contributed by atoms with van der Waals surface area (Å²) < 4.78 is 13.7. The van der Waals surface area contributed by atoms with Gasteiger partial charge in [0.25, 0.3) is 0 Å². The van der Waals surface area contributed by atoms with Gasteiger partial charge >= 0.3 is 0 Å². The van der Waals surface area contributed by atoms with Crippen LogP contribution in [0.5, 0.6) is 0 Å². The summed E-state index contributed by atoms with van der Waals surface area (Å²) in [5.41, 5.74) is 5.65. The summed E-state index contributed by atoms with van der Waals surface area (Å²) in [4.78, 5) is 22.1. The second-order valence-electron chi connectivity index (χ2n) is 9.19. The molecule has 186 valence electrons. The Balaban J connectivity index is 1.37. The molecule has 6 aromatic rings.